The average Bonchev–Trinajstić information content (AvgIpc) is 2.04. The number of rotatable bonds is 2. The molecule has 0 unspecified atom stereocenters. The highest BCUT2D eigenvalue weighted by Gasteiger charge is 2.29. The fraction of sp³-hybridized carbons (Fsp3) is 0.875. The third-order valence-corrected chi connectivity index (χ3v) is 2.76. The minimum Gasteiger partial charge on any atom is -0.281 e. The Bertz CT molecular complexity index is 164. The number of carbonyl (C=O) groups excluding carboxylic acids is 1. The molecule has 70 valence electrons. The van der Waals surface area contributed by atoms with E-state index in [2.05, 4.69) is 0 Å². The van der Waals surface area contributed by atoms with E-state index < -0.39 is 12.3 Å². The zero-order valence-corrected chi connectivity index (χ0v) is 7.36. The van der Waals surface area contributed by atoms with Gasteiger partial charge in [-0.3, -0.25) is 4.79 Å². The first kappa shape index (κ1) is 9.90. The summed E-state index contributed by atoms with van der Waals surface area (Å²) in [5.74, 6) is -0.695. The molecule has 0 heterocycles. The van der Waals surface area contributed by atoms with E-state index in [4.69, 9.17) is 11.6 Å². The molecular weight excluding hydrogens is 186 g/mol. The molecule has 1 aliphatic carbocycles. The molecule has 0 radical (unpaired) electrons. The molecule has 0 spiro atoms. The maximum atomic E-state index is 12.1. The molecule has 4 heteroatoms. The van der Waals surface area contributed by atoms with Crippen LogP contribution < -0.4 is 0 Å². The molecule has 0 N–H and O–H groups in total. The Hall–Kier alpha value is -0.180. The highest BCUT2D eigenvalue weighted by Crippen LogP contribution is 2.33. The summed E-state index contributed by atoms with van der Waals surface area (Å²) in [7, 11) is 0. The fourth-order valence-corrected chi connectivity index (χ4v) is 1.82. The van der Waals surface area contributed by atoms with Crippen LogP contribution in [0.1, 0.15) is 25.7 Å². The third kappa shape index (κ3) is 2.41. The van der Waals surface area contributed by atoms with E-state index in [1.165, 1.54) is 0 Å². The summed E-state index contributed by atoms with van der Waals surface area (Å²) in [6.45, 7) is 0. The van der Waals surface area contributed by atoms with Gasteiger partial charge >= 0.3 is 0 Å². The summed E-state index contributed by atoms with van der Waals surface area (Å²) in [5.41, 5.74) is 0. The Kier molecular flexibility index (Phi) is 3.44. The highest BCUT2D eigenvalue weighted by atomic mass is 35.5. The van der Waals surface area contributed by atoms with Crippen molar-refractivity contribution >= 4 is 16.8 Å². The summed E-state index contributed by atoms with van der Waals surface area (Å²) in [6.07, 6.45) is -0.327. The van der Waals surface area contributed by atoms with Crippen molar-refractivity contribution in [2.45, 2.75) is 32.1 Å². The van der Waals surface area contributed by atoms with Crippen LogP contribution in [0, 0.1) is 11.8 Å². The predicted molar refractivity (Wildman–Crippen MR) is 42.3 cm³/mol. The van der Waals surface area contributed by atoms with E-state index in [-0.39, 0.29) is 11.2 Å². The maximum Gasteiger partial charge on any atom is 0.241 e. The summed E-state index contributed by atoms with van der Waals surface area (Å²) in [6, 6.07) is 0. The molecule has 0 amide bonds. The van der Waals surface area contributed by atoms with Gasteiger partial charge in [0.15, 0.2) is 0 Å². The lowest BCUT2D eigenvalue weighted by molar-refractivity contribution is -0.116. The van der Waals surface area contributed by atoms with Gasteiger partial charge in [0.05, 0.1) is 0 Å². The van der Waals surface area contributed by atoms with Gasteiger partial charge in [0.2, 0.25) is 11.7 Å². The lowest BCUT2D eigenvalue weighted by Gasteiger charge is -2.25. The van der Waals surface area contributed by atoms with Crippen molar-refractivity contribution in [1.29, 1.82) is 0 Å². The van der Waals surface area contributed by atoms with Gasteiger partial charge in [-0.15, -0.1) is 0 Å². The van der Waals surface area contributed by atoms with Gasteiger partial charge in [0.1, 0.15) is 0 Å². The van der Waals surface area contributed by atoms with Crippen molar-refractivity contribution in [3.63, 3.8) is 0 Å². The SMILES string of the molecule is O=C(Cl)C1CCC(C(F)F)CC1. The van der Waals surface area contributed by atoms with E-state index in [1.54, 1.807) is 0 Å². The monoisotopic (exact) mass is 196 g/mol. The van der Waals surface area contributed by atoms with Crippen LogP contribution in [0.3, 0.4) is 0 Å². The number of hydrogen-bond donors (Lipinski definition) is 0. The van der Waals surface area contributed by atoms with Gasteiger partial charge in [0, 0.05) is 11.8 Å². The molecule has 1 fully saturated rings. The lowest BCUT2D eigenvalue weighted by Crippen LogP contribution is -2.22. The quantitative estimate of drug-likeness (QED) is 0.621. The summed E-state index contributed by atoms with van der Waals surface area (Å²) >= 11 is 5.26. The van der Waals surface area contributed by atoms with Crippen LogP contribution in [0.5, 0.6) is 0 Å². The van der Waals surface area contributed by atoms with E-state index in [9.17, 15) is 13.6 Å². The van der Waals surface area contributed by atoms with Gasteiger partial charge in [-0.1, -0.05) is 0 Å². The predicted octanol–water partition coefficient (Wildman–Crippen LogP) is 2.82. The van der Waals surface area contributed by atoms with Crippen LogP contribution in [0.4, 0.5) is 8.78 Å². The van der Waals surface area contributed by atoms with Crippen molar-refractivity contribution in [2.75, 3.05) is 0 Å². The van der Waals surface area contributed by atoms with Crippen LogP contribution in [0.2, 0.25) is 0 Å². The minimum atomic E-state index is -2.24. The average molecular weight is 197 g/mol. The Morgan fingerprint density at radius 2 is 1.75 bits per heavy atom. The second-order valence-corrected chi connectivity index (χ2v) is 3.62. The second-order valence-electron chi connectivity index (χ2n) is 3.25. The van der Waals surface area contributed by atoms with E-state index in [1.807, 2.05) is 0 Å². The minimum absolute atomic E-state index is 0.179. The van der Waals surface area contributed by atoms with Gasteiger partial charge in [0.25, 0.3) is 0 Å². The maximum absolute atomic E-state index is 12.1. The third-order valence-electron chi connectivity index (χ3n) is 2.45. The van der Waals surface area contributed by atoms with E-state index in [0.717, 1.165) is 0 Å². The second kappa shape index (κ2) is 4.17. The zero-order chi connectivity index (χ0) is 9.14. The summed E-state index contributed by atoms with van der Waals surface area (Å²) in [4.78, 5) is 10.7. The van der Waals surface area contributed by atoms with Gasteiger partial charge in [-0.25, -0.2) is 8.78 Å². The molecule has 0 saturated heterocycles. The van der Waals surface area contributed by atoms with Crippen molar-refractivity contribution in [1.82, 2.24) is 0 Å². The van der Waals surface area contributed by atoms with Crippen LogP contribution >= 0.6 is 11.6 Å². The van der Waals surface area contributed by atoms with Crippen LogP contribution in [0.25, 0.3) is 0 Å². The van der Waals surface area contributed by atoms with Crippen LogP contribution in [-0.4, -0.2) is 11.7 Å². The van der Waals surface area contributed by atoms with Crippen LogP contribution in [-0.2, 0) is 4.79 Å². The Labute approximate surface area is 75.1 Å². The molecule has 0 aromatic carbocycles. The zero-order valence-electron chi connectivity index (χ0n) is 6.60. The van der Waals surface area contributed by atoms with Gasteiger partial charge in [-0.2, -0.15) is 0 Å². The van der Waals surface area contributed by atoms with Crippen molar-refractivity contribution in [3.8, 4) is 0 Å². The number of alkyl halides is 2. The molecule has 0 bridgehead atoms. The van der Waals surface area contributed by atoms with Crippen molar-refractivity contribution in [2.24, 2.45) is 11.8 Å². The van der Waals surface area contributed by atoms with Crippen molar-refractivity contribution < 1.29 is 13.6 Å². The Morgan fingerprint density at radius 3 is 2.08 bits per heavy atom. The molecule has 0 aromatic heterocycles. The molecule has 0 aliphatic heterocycles. The molecule has 1 rings (SSSR count). The number of carbonyl (C=O) groups is 1. The van der Waals surface area contributed by atoms with E-state index in [0.29, 0.717) is 25.7 Å². The summed E-state index contributed by atoms with van der Waals surface area (Å²) in [5, 5.41) is -0.372. The summed E-state index contributed by atoms with van der Waals surface area (Å²) < 4.78 is 24.3. The topological polar surface area (TPSA) is 17.1 Å². The Balaban J connectivity index is 2.34. The van der Waals surface area contributed by atoms with Gasteiger partial charge < -0.3 is 0 Å². The molecule has 0 aromatic rings. The number of hydrogen-bond acceptors (Lipinski definition) is 1. The molecular formula is C8H11ClF2O. The Morgan fingerprint density at radius 1 is 1.25 bits per heavy atom. The van der Waals surface area contributed by atoms with E-state index >= 15 is 0 Å². The first-order chi connectivity index (χ1) is 5.61. The lowest BCUT2D eigenvalue weighted by atomic mass is 9.83. The first-order valence-electron chi connectivity index (χ1n) is 4.08. The molecule has 1 aliphatic rings. The van der Waals surface area contributed by atoms with Gasteiger partial charge in [-0.05, 0) is 37.3 Å². The molecule has 0 atom stereocenters. The molecule has 1 nitrogen and oxygen atoms in total. The largest absolute Gasteiger partial charge is 0.281 e. The smallest absolute Gasteiger partial charge is 0.241 e. The number of halogens is 3. The van der Waals surface area contributed by atoms with Crippen molar-refractivity contribution in [3.05, 3.63) is 0 Å². The normalized spacial score (nSPS) is 30.7. The molecule has 12 heavy (non-hydrogen) atoms. The first-order valence-corrected chi connectivity index (χ1v) is 4.46. The molecule has 1 saturated carbocycles. The standard InChI is InChI=1S/C8H11ClF2O/c9-7(12)5-1-3-6(4-2-5)8(10)11/h5-6,8H,1-4H2. The highest BCUT2D eigenvalue weighted by molar-refractivity contribution is 6.63. The van der Waals surface area contributed by atoms with Crippen LogP contribution in [0.15, 0.2) is 0 Å². The fourth-order valence-electron chi connectivity index (χ4n) is 1.60.